The third kappa shape index (κ3) is 4.20. The lowest BCUT2D eigenvalue weighted by atomic mass is 10.2. The van der Waals surface area contributed by atoms with Gasteiger partial charge in [0.15, 0.2) is 0 Å². The minimum Gasteiger partial charge on any atom is -0.363 e. The van der Waals surface area contributed by atoms with Gasteiger partial charge in [0, 0.05) is 57.5 Å². The summed E-state index contributed by atoms with van der Waals surface area (Å²) in [5, 5.41) is 0. The highest BCUT2D eigenvalue weighted by Crippen LogP contribution is 2.17. The van der Waals surface area contributed by atoms with Crippen LogP contribution >= 0.6 is 15.9 Å². The Morgan fingerprint density at radius 2 is 1.91 bits per heavy atom. The molecule has 0 aliphatic carbocycles. The topological polar surface area (TPSA) is 35.5 Å². The summed E-state index contributed by atoms with van der Waals surface area (Å²) in [5.74, 6) is 1.78. The minimum absolute atomic E-state index is 0.832. The van der Waals surface area contributed by atoms with E-state index >= 15 is 0 Å². The van der Waals surface area contributed by atoms with Crippen LogP contribution in [-0.2, 0) is 6.54 Å². The van der Waals surface area contributed by atoms with Gasteiger partial charge in [-0.1, -0.05) is 28.1 Å². The van der Waals surface area contributed by atoms with Crippen LogP contribution in [0.3, 0.4) is 0 Å². The number of hydrogen-bond donors (Lipinski definition) is 0. The van der Waals surface area contributed by atoms with Crippen molar-refractivity contribution in [3.05, 3.63) is 46.6 Å². The number of halogens is 1. The van der Waals surface area contributed by atoms with Crippen molar-refractivity contribution in [2.75, 3.05) is 50.1 Å². The predicted molar refractivity (Wildman–Crippen MR) is 98.0 cm³/mol. The van der Waals surface area contributed by atoms with Gasteiger partial charge in [-0.15, -0.1) is 0 Å². The molecule has 1 aliphatic rings. The van der Waals surface area contributed by atoms with Crippen molar-refractivity contribution in [1.29, 1.82) is 0 Å². The van der Waals surface area contributed by atoms with Crippen LogP contribution in [0.4, 0.5) is 11.8 Å². The lowest BCUT2D eigenvalue weighted by Gasteiger charge is -2.35. The summed E-state index contributed by atoms with van der Waals surface area (Å²) in [4.78, 5) is 15.8. The highest BCUT2D eigenvalue weighted by atomic mass is 79.9. The Kier molecular flexibility index (Phi) is 5.13. The molecule has 122 valence electrons. The molecule has 0 N–H and O–H groups in total. The minimum atomic E-state index is 0.832. The fourth-order valence-electron chi connectivity index (χ4n) is 2.74. The second kappa shape index (κ2) is 7.27. The van der Waals surface area contributed by atoms with Crippen molar-refractivity contribution in [1.82, 2.24) is 14.9 Å². The Morgan fingerprint density at radius 1 is 1.13 bits per heavy atom. The molecule has 2 heterocycles. The van der Waals surface area contributed by atoms with Gasteiger partial charge in [0.2, 0.25) is 5.95 Å². The largest absolute Gasteiger partial charge is 0.363 e. The summed E-state index contributed by atoms with van der Waals surface area (Å²) < 4.78 is 1.14. The van der Waals surface area contributed by atoms with Crippen LogP contribution in [0.25, 0.3) is 0 Å². The zero-order chi connectivity index (χ0) is 16.2. The fourth-order valence-corrected chi connectivity index (χ4v) is 3.19. The van der Waals surface area contributed by atoms with Gasteiger partial charge in [0.05, 0.1) is 0 Å². The molecular formula is C17H22BrN5. The number of rotatable bonds is 4. The van der Waals surface area contributed by atoms with Crippen molar-refractivity contribution >= 4 is 27.7 Å². The molecule has 1 aromatic heterocycles. The maximum Gasteiger partial charge on any atom is 0.227 e. The molecule has 0 amide bonds. The Bertz CT molecular complexity index is 653. The molecule has 0 unspecified atom stereocenters. The van der Waals surface area contributed by atoms with Crippen molar-refractivity contribution in [3.63, 3.8) is 0 Å². The zero-order valence-corrected chi connectivity index (χ0v) is 15.2. The number of anilines is 2. The summed E-state index contributed by atoms with van der Waals surface area (Å²) in [6, 6.07) is 10.5. The maximum atomic E-state index is 4.63. The second-order valence-corrected chi connectivity index (χ2v) is 6.92. The van der Waals surface area contributed by atoms with E-state index in [0.29, 0.717) is 0 Å². The van der Waals surface area contributed by atoms with Crippen molar-refractivity contribution in [2.45, 2.75) is 6.54 Å². The van der Waals surface area contributed by atoms with E-state index in [4.69, 9.17) is 0 Å². The van der Waals surface area contributed by atoms with E-state index in [9.17, 15) is 0 Å². The summed E-state index contributed by atoms with van der Waals surface area (Å²) in [6.07, 6.45) is 1.84. The SMILES string of the molecule is CN(C)c1ccnc(N2CCN(Cc3cccc(Br)c3)CC2)n1. The first-order valence-corrected chi connectivity index (χ1v) is 8.63. The Hall–Kier alpha value is -1.66. The van der Waals surface area contributed by atoms with Gasteiger partial charge in [-0.2, -0.15) is 4.98 Å². The molecule has 6 heteroatoms. The molecule has 1 aliphatic heterocycles. The Labute approximate surface area is 146 Å². The van der Waals surface area contributed by atoms with Gasteiger partial charge < -0.3 is 9.80 Å². The van der Waals surface area contributed by atoms with Crippen molar-refractivity contribution in [2.24, 2.45) is 0 Å². The molecule has 23 heavy (non-hydrogen) atoms. The summed E-state index contributed by atoms with van der Waals surface area (Å²) in [6.45, 7) is 4.98. The molecule has 0 spiro atoms. The van der Waals surface area contributed by atoms with Crippen molar-refractivity contribution < 1.29 is 0 Å². The molecule has 1 saturated heterocycles. The van der Waals surface area contributed by atoms with Gasteiger partial charge >= 0.3 is 0 Å². The standard InChI is InChI=1S/C17H22BrN5/c1-21(2)16-6-7-19-17(20-16)23-10-8-22(9-11-23)13-14-4-3-5-15(18)12-14/h3-7,12H,8-11,13H2,1-2H3. The smallest absolute Gasteiger partial charge is 0.227 e. The van der Waals surface area contributed by atoms with Gasteiger partial charge in [0.1, 0.15) is 5.82 Å². The molecule has 2 aromatic rings. The third-order valence-corrected chi connectivity index (χ3v) is 4.53. The van der Waals surface area contributed by atoms with Crippen LogP contribution in [0.2, 0.25) is 0 Å². The number of hydrogen-bond acceptors (Lipinski definition) is 5. The van der Waals surface area contributed by atoms with Gasteiger partial charge in [0.25, 0.3) is 0 Å². The van der Waals surface area contributed by atoms with Crippen LogP contribution in [0.5, 0.6) is 0 Å². The maximum absolute atomic E-state index is 4.63. The highest BCUT2D eigenvalue weighted by molar-refractivity contribution is 9.10. The van der Waals surface area contributed by atoms with Gasteiger partial charge in [-0.3, -0.25) is 4.90 Å². The number of benzene rings is 1. The normalized spacial score (nSPS) is 15.7. The summed E-state index contributed by atoms with van der Waals surface area (Å²) in [5.41, 5.74) is 1.35. The monoisotopic (exact) mass is 375 g/mol. The molecule has 1 aromatic carbocycles. The first-order valence-electron chi connectivity index (χ1n) is 7.84. The molecule has 0 radical (unpaired) electrons. The van der Waals surface area contributed by atoms with Crippen LogP contribution in [0, 0.1) is 0 Å². The van der Waals surface area contributed by atoms with E-state index in [1.54, 1.807) is 0 Å². The number of nitrogens with zero attached hydrogens (tertiary/aromatic N) is 5. The van der Waals surface area contributed by atoms with E-state index in [2.05, 4.69) is 60.0 Å². The summed E-state index contributed by atoms with van der Waals surface area (Å²) >= 11 is 3.54. The van der Waals surface area contributed by atoms with E-state index in [0.717, 1.165) is 49.0 Å². The Morgan fingerprint density at radius 3 is 2.61 bits per heavy atom. The van der Waals surface area contributed by atoms with E-state index in [1.807, 2.05) is 31.3 Å². The van der Waals surface area contributed by atoms with E-state index < -0.39 is 0 Å². The summed E-state index contributed by atoms with van der Waals surface area (Å²) in [7, 11) is 4.00. The first-order chi connectivity index (χ1) is 11.1. The Balaban J connectivity index is 1.59. The average molecular weight is 376 g/mol. The molecule has 0 saturated carbocycles. The van der Waals surface area contributed by atoms with Gasteiger partial charge in [-0.05, 0) is 23.8 Å². The molecule has 5 nitrogen and oxygen atoms in total. The van der Waals surface area contributed by atoms with Gasteiger partial charge in [-0.25, -0.2) is 4.98 Å². The fraction of sp³-hybridized carbons (Fsp3) is 0.412. The number of piperazine rings is 1. The predicted octanol–water partition coefficient (Wildman–Crippen LogP) is 2.63. The molecular weight excluding hydrogens is 354 g/mol. The van der Waals surface area contributed by atoms with Crippen LogP contribution in [0.15, 0.2) is 41.0 Å². The average Bonchev–Trinajstić information content (AvgIpc) is 2.56. The first kappa shape index (κ1) is 16.2. The van der Waals surface area contributed by atoms with E-state index in [1.165, 1.54) is 5.56 Å². The van der Waals surface area contributed by atoms with Crippen LogP contribution in [-0.4, -0.2) is 55.1 Å². The molecule has 0 atom stereocenters. The lowest BCUT2D eigenvalue weighted by molar-refractivity contribution is 0.248. The second-order valence-electron chi connectivity index (χ2n) is 6.00. The number of aromatic nitrogens is 2. The van der Waals surface area contributed by atoms with Crippen LogP contribution < -0.4 is 9.80 Å². The highest BCUT2D eigenvalue weighted by Gasteiger charge is 2.19. The van der Waals surface area contributed by atoms with E-state index in [-0.39, 0.29) is 0 Å². The third-order valence-electron chi connectivity index (χ3n) is 4.04. The molecule has 0 bridgehead atoms. The quantitative estimate of drug-likeness (QED) is 0.820. The molecule has 1 fully saturated rings. The lowest BCUT2D eigenvalue weighted by Crippen LogP contribution is -2.46. The van der Waals surface area contributed by atoms with Crippen molar-refractivity contribution in [3.8, 4) is 0 Å². The zero-order valence-electron chi connectivity index (χ0n) is 13.6. The molecule has 3 rings (SSSR count). The van der Waals surface area contributed by atoms with Crippen LogP contribution in [0.1, 0.15) is 5.56 Å².